The second-order valence-electron chi connectivity index (χ2n) is 5.19. The number of ether oxygens (including phenoxy) is 1. The summed E-state index contributed by atoms with van der Waals surface area (Å²) in [7, 11) is 0. The molecule has 0 saturated carbocycles. The van der Waals surface area contributed by atoms with E-state index >= 15 is 0 Å². The molecule has 2 amide bonds. The molecule has 0 unspecified atom stereocenters. The number of hydrogen-bond donors (Lipinski definition) is 2. The lowest BCUT2D eigenvalue weighted by Gasteiger charge is -2.14. The fourth-order valence-electron chi connectivity index (χ4n) is 1.89. The van der Waals surface area contributed by atoms with E-state index in [2.05, 4.69) is 31.5 Å². The SMILES string of the molecule is CC(=O)Nc1ccc(NC(=O)[C@H](C)OC(=O)c2cncc(Br)c2)cc1. The number of aromatic nitrogens is 1. The first-order valence-electron chi connectivity index (χ1n) is 7.35. The summed E-state index contributed by atoms with van der Waals surface area (Å²) in [5.41, 5.74) is 1.38. The standard InChI is InChI=1S/C17H16BrN3O4/c1-10(25-17(24)12-7-13(18)9-19-8-12)16(23)21-15-5-3-14(4-6-15)20-11(2)22/h3-10H,1-2H3,(H,20,22)(H,21,23)/t10-/m0/s1. The highest BCUT2D eigenvalue weighted by Gasteiger charge is 2.19. The average molecular weight is 406 g/mol. The third kappa shape index (κ3) is 5.68. The molecule has 0 aliphatic rings. The Morgan fingerprint density at radius 3 is 2.24 bits per heavy atom. The summed E-state index contributed by atoms with van der Waals surface area (Å²) in [5, 5.41) is 5.26. The van der Waals surface area contributed by atoms with Crippen molar-refractivity contribution in [1.82, 2.24) is 4.98 Å². The zero-order valence-electron chi connectivity index (χ0n) is 13.6. The van der Waals surface area contributed by atoms with Crippen molar-refractivity contribution in [3.8, 4) is 0 Å². The average Bonchev–Trinajstić information content (AvgIpc) is 2.56. The molecule has 0 saturated heterocycles. The number of nitrogens with one attached hydrogen (secondary N) is 2. The molecule has 2 aromatic rings. The number of nitrogens with zero attached hydrogens (tertiary/aromatic N) is 1. The van der Waals surface area contributed by atoms with Gasteiger partial charge in [0.05, 0.1) is 5.56 Å². The molecular weight excluding hydrogens is 390 g/mol. The van der Waals surface area contributed by atoms with Crippen LogP contribution in [0.25, 0.3) is 0 Å². The Hall–Kier alpha value is -2.74. The predicted molar refractivity (Wildman–Crippen MR) is 96.2 cm³/mol. The van der Waals surface area contributed by atoms with Gasteiger partial charge < -0.3 is 15.4 Å². The molecule has 0 radical (unpaired) electrons. The minimum atomic E-state index is -0.985. The molecule has 0 fully saturated rings. The number of carbonyl (C=O) groups is 3. The highest BCUT2D eigenvalue weighted by molar-refractivity contribution is 9.10. The summed E-state index contributed by atoms with van der Waals surface area (Å²) in [6.45, 7) is 2.89. The van der Waals surface area contributed by atoms with Gasteiger partial charge in [-0.2, -0.15) is 0 Å². The van der Waals surface area contributed by atoms with Crippen LogP contribution in [0.1, 0.15) is 24.2 Å². The number of esters is 1. The molecule has 1 heterocycles. The van der Waals surface area contributed by atoms with Gasteiger partial charge in [0.1, 0.15) is 0 Å². The van der Waals surface area contributed by atoms with Gasteiger partial charge in [0.25, 0.3) is 5.91 Å². The quantitative estimate of drug-likeness (QED) is 0.745. The Balaban J connectivity index is 1.93. The van der Waals surface area contributed by atoms with Crippen LogP contribution in [0, 0.1) is 0 Å². The molecule has 0 aliphatic heterocycles. The fourth-order valence-corrected chi connectivity index (χ4v) is 2.25. The van der Waals surface area contributed by atoms with E-state index in [1.54, 1.807) is 30.3 Å². The van der Waals surface area contributed by atoms with Crippen molar-refractivity contribution in [3.63, 3.8) is 0 Å². The lowest BCUT2D eigenvalue weighted by Crippen LogP contribution is -2.30. The van der Waals surface area contributed by atoms with Gasteiger partial charge >= 0.3 is 5.97 Å². The third-order valence-corrected chi connectivity index (χ3v) is 3.50. The highest BCUT2D eigenvalue weighted by Crippen LogP contribution is 2.15. The second-order valence-corrected chi connectivity index (χ2v) is 6.10. The molecule has 7 nitrogen and oxygen atoms in total. The fraction of sp³-hybridized carbons (Fsp3) is 0.176. The van der Waals surface area contributed by atoms with Crippen molar-refractivity contribution < 1.29 is 19.1 Å². The number of halogens is 1. The van der Waals surface area contributed by atoms with Gasteiger partial charge in [0, 0.05) is 35.2 Å². The lowest BCUT2D eigenvalue weighted by atomic mass is 10.2. The number of hydrogen-bond acceptors (Lipinski definition) is 5. The molecule has 1 aromatic heterocycles. The Morgan fingerprint density at radius 2 is 1.68 bits per heavy atom. The maximum Gasteiger partial charge on any atom is 0.340 e. The van der Waals surface area contributed by atoms with Crippen LogP contribution in [-0.2, 0) is 14.3 Å². The van der Waals surface area contributed by atoms with Crippen LogP contribution in [0.5, 0.6) is 0 Å². The Labute approximate surface area is 152 Å². The molecule has 8 heteroatoms. The topological polar surface area (TPSA) is 97.4 Å². The number of benzene rings is 1. The van der Waals surface area contributed by atoms with Crippen LogP contribution in [0.15, 0.2) is 47.2 Å². The van der Waals surface area contributed by atoms with Crippen molar-refractivity contribution in [2.24, 2.45) is 0 Å². The lowest BCUT2D eigenvalue weighted by molar-refractivity contribution is -0.123. The van der Waals surface area contributed by atoms with Crippen LogP contribution in [0.4, 0.5) is 11.4 Å². The van der Waals surface area contributed by atoms with Crippen LogP contribution in [0.2, 0.25) is 0 Å². The maximum atomic E-state index is 12.1. The summed E-state index contributed by atoms with van der Waals surface area (Å²) in [6.07, 6.45) is 1.91. The molecule has 25 heavy (non-hydrogen) atoms. The monoisotopic (exact) mass is 405 g/mol. The van der Waals surface area contributed by atoms with E-state index in [1.165, 1.54) is 26.2 Å². The largest absolute Gasteiger partial charge is 0.449 e. The van der Waals surface area contributed by atoms with Gasteiger partial charge in [-0.15, -0.1) is 0 Å². The van der Waals surface area contributed by atoms with E-state index in [0.29, 0.717) is 15.8 Å². The van der Waals surface area contributed by atoms with Gasteiger partial charge in [0.15, 0.2) is 6.10 Å². The number of carbonyl (C=O) groups excluding carboxylic acids is 3. The number of rotatable bonds is 5. The zero-order valence-corrected chi connectivity index (χ0v) is 15.2. The number of amides is 2. The van der Waals surface area contributed by atoms with E-state index in [-0.39, 0.29) is 11.5 Å². The van der Waals surface area contributed by atoms with Crippen molar-refractivity contribution in [3.05, 3.63) is 52.8 Å². The molecule has 1 atom stereocenters. The van der Waals surface area contributed by atoms with Crippen LogP contribution in [-0.4, -0.2) is 28.9 Å². The predicted octanol–water partition coefficient (Wildman–Crippen LogP) is 2.99. The van der Waals surface area contributed by atoms with Crippen LogP contribution >= 0.6 is 15.9 Å². The summed E-state index contributed by atoms with van der Waals surface area (Å²) >= 11 is 3.21. The normalized spacial score (nSPS) is 11.3. The Kier molecular flexibility index (Phi) is 6.24. The summed E-state index contributed by atoms with van der Waals surface area (Å²) in [4.78, 5) is 39.0. The van der Waals surface area contributed by atoms with Gasteiger partial charge in [-0.1, -0.05) is 0 Å². The van der Waals surface area contributed by atoms with Gasteiger partial charge in [0.2, 0.25) is 5.91 Å². The summed E-state index contributed by atoms with van der Waals surface area (Å²) in [6, 6.07) is 8.13. The smallest absolute Gasteiger partial charge is 0.340 e. The second kappa shape index (κ2) is 8.39. The zero-order chi connectivity index (χ0) is 18.4. The molecule has 2 rings (SSSR count). The van der Waals surface area contributed by atoms with Crippen molar-refractivity contribution in [2.75, 3.05) is 10.6 Å². The molecular formula is C17H16BrN3O4. The maximum absolute atomic E-state index is 12.1. The third-order valence-electron chi connectivity index (χ3n) is 3.07. The molecule has 130 valence electrons. The molecule has 0 aliphatic carbocycles. The Morgan fingerprint density at radius 1 is 1.08 bits per heavy atom. The number of anilines is 2. The van der Waals surface area contributed by atoms with Crippen LogP contribution < -0.4 is 10.6 Å². The molecule has 0 bridgehead atoms. The highest BCUT2D eigenvalue weighted by atomic mass is 79.9. The Bertz CT molecular complexity index is 793. The summed E-state index contributed by atoms with van der Waals surface area (Å²) in [5.74, 6) is -1.29. The molecule has 0 spiro atoms. The van der Waals surface area contributed by atoms with Gasteiger partial charge in [-0.05, 0) is 53.2 Å². The van der Waals surface area contributed by atoms with E-state index in [1.807, 2.05) is 0 Å². The first-order chi connectivity index (χ1) is 11.8. The minimum absolute atomic E-state index is 0.181. The van der Waals surface area contributed by atoms with Crippen LogP contribution in [0.3, 0.4) is 0 Å². The number of pyridine rings is 1. The van der Waals surface area contributed by atoms with Crippen molar-refractivity contribution in [1.29, 1.82) is 0 Å². The van der Waals surface area contributed by atoms with Crippen molar-refractivity contribution >= 4 is 45.1 Å². The molecule has 2 N–H and O–H groups in total. The molecule has 1 aromatic carbocycles. The van der Waals surface area contributed by atoms with Crippen molar-refractivity contribution in [2.45, 2.75) is 20.0 Å². The van der Waals surface area contributed by atoms with Gasteiger partial charge in [-0.25, -0.2) is 4.79 Å². The first-order valence-corrected chi connectivity index (χ1v) is 8.14. The first kappa shape index (κ1) is 18.6. The van der Waals surface area contributed by atoms with E-state index in [9.17, 15) is 14.4 Å². The van der Waals surface area contributed by atoms with E-state index < -0.39 is 18.0 Å². The van der Waals surface area contributed by atoms with Gasteiger partial charge in [-0.3, -0.25) is 14.6 Å². The summed E-state index contributed by atoms with van der Waals surface area (Å²) < 4.78 is 5.77. The van der Waals surface area contributed by atoms with E-state index in [0.717, 1.165) is 0 Å². The minimum Gasteiger partial charge on any atom is -0.449 e. The van der Waals surface area contributed by atoms with E-state index in [4.69, 9.17) is 4.74 Å².